The summed E-state index contributed by atoms with van der Waals surface area (Å²) in [6.45, 7) is -8.60. The average molecular weight is 702 g/mol. The number of nitrogen functional groups attached to an aromatic ring is 2. The smallest absolute Gasteiger partial charge is 0.325 e. The summed E-state index contributed by atoms with van der Waals surface area (Å²) in [6.07, 6.45) is -0.837. The van der Waals surface area contributed by atoms with E-state index in [0.29, 0.717) is 16.9 Å². The number of H-pyrrole nitrogens is 1. The number of nitrogens with zero attached hydrogens (tertiary/aromatic N) is 6. The van der Waals surface area contributed by atoms with Crippen LogP contribution < -0.4 is 17.0 Å². The largest absolute Gasteiger partial charge is 0.397 e. The highest BCUT2D eigenvalue weighted by Gasteiger charge is 2.65. The first-order chi connectivity index (χ1) is 21.4. The minimum absolute atomic E-state index is 0.0111. The molecule has 0 aliphatic carbocycles. The molecule has 45 heavy (non-hydrogen) atoms. The van der Waals surface area contributed by atoms with E-state index in [9.17, 15) is 14.6 Å². The summed E-state index contributed by atoms with van der Waals surface area (Å²) >= 11 is 10.8. The second-order valence-corrected chi connectivity index (χ2v) is 16.5. The fourth-order valence-corrected chi connectivity index (χ4v) is 8.99. The van der Waals surface area contributed by atoms with Gasteiger partial charge in [-0.3, -0.25) is 23.4 Å². The van der Waals surface area contributed by atoms with Gasteiger partial charge in [-0.2, -0.15) is 4.98 Å². The first-order valence-electron chi connectivity index (χ1n) is 13.5. The summed E-state index contributed by atoms with van der Waals surface area (Å²) < 4.78 is 45.4. The molecule has 4 aliphatic rings. The van der Waals surface area contributed by atoms with Crippen LogP contribution in [0, 0.1) is 0 Å². The number of ether oxygens (including phenoxy) is 3. The fourth-order valence-electron chi connectivity index (χ4n) is 6.05. The molecule has 23 heteroatoms. The number of imidazole rings is 2. The lowest BCUT2D eigenvalue weighted by molar-refractivity contribution is -0.183. The Morgan fingerprint density at radius 1 is 1.00 bits per heavy atom. The number of pyridine rings is 1. The van der Waals surface area contributed by atoms with Crippen molar-refractivity contribution in [1.29, 1.82) is 0 Å². The molecule has 4 fully saturated rings. The predicted molar refractivity (Wildman–Crippen MR) is 160 cm³/mol. The Kier molecular flexibility index (Phi) is 6.98. The van der Waals surface area contributed by atoms with Crippen LogP contribution in [-0.2, 0) is 55.9 Å². The van der Waals surface area contributed by atoms with Gasteiger partial charge in [-0.15, -0.1) is 0 Å². The maximum absolute atomic E-state index is 12.4. The molecule has 3 unspecified atom stereocenters. The molecule has 240 valence electrons. The molecule has 0 radical (unpaired) electrons. The Labute approximate surface area is 262 Å². The van der Waals surface area contributed by atoms with Gasteiger partial charge in [-0.25, -0.2) is 15.0 Å². The Hall–Kier alpha value is -2.49. The molecule has 8 heterocycles. The molecule has 0 saturated carbocycles. The number of nitrogens with one attached hydrogen (secondary N) is 1. The minimum atomic E-state index is -4.01. The molecular formula is C22H25N9O10P2S2. The van der Waals surface area contributed by atoms with Gasteiger partial charge in [0.15, 0.2) is 29.3 Å². The molecule has 4 bridgehead atoms. The quantitative estimate of drug-likeness (QED) is 0.172. The van der Waals surface area contributed by atoms with Crippen molar-refractivity contribution in [3.63, 3.8) is 0 Å². The second-order valence-electron chi connectivity index (χ2n) is 10.9. The van der Waals surface area contributed by atoms with Crippen LogP contribution in [0.2, 0.25) is 0 Å². The number of aromatic amines is 1. The maximum Gasteiger partial charge on any atom is 0.325 e. The van der Waals surface area contributed by atoms with Gasteiger partial charge in [0.2, 0.25) is 5.95 Å². The van der Waals surface area contributed by atoms with E-state index in [2.05, 4.69) is 24.9 Å². The number of hydrogen-bond acceptors (Lipinski definition) is 16. The molecule has 4 aromatic rings. The van der Waals surface area contributed by atoms with Crippen LogP contribution in [-0.4, -0.2) is 93.7 Å². The van der Waals surface area contributed by atoms with E-state index >= 15 is 0 Å². The number of anilines is 2. The third kappa shape index (κ3) is 5.03. The molecular weight excluding hydrogens is 676 g/mol. The van der Waals surface area contributed by atoms with Gasteiger partial charge in [-0.05, 0) is 29.7 Å². The molecule has 8 rings (SSSR count). The number of aromatic nitrogens is 7. The molecule has 4 saturated heterocycles. The SMILES string of the molecule is Nc1nc2c(ncn2[C@@H]2O[C@@H]3COP(O)(=S)OC4[C@H]5OC[C@]4(COP(O)(=S)O[C@@H]2C3)O[C@H]5n2cnc3c(N)ccnc32)c(=O)[nH]1. The molecule has 7 N–H and O–H groups in total. The standard InChI is InChI=1S/C22H25N9O10P2S2/c23-10-1-2-25-16-12(10)26-7-30(16)20-14-15-22(39-20,5-35-14)6-37-43(34,45)40-11-3-9(4-36-42(33,44)41-15)38-19(11)31-8-27-13-17(31)28-21(24)29-18(13)32/h1-2,7-9,11,14-15,19-20H,3-6H2,(H2,23,25)(H,33,44)(H,34,45)(H3,24,28,29,32)/t9-,11+,14+,15?,19+,20+,22+,42?,43?/m0/s1. The van der Waals surface area contributed by atoms with Crippen LogP contribution >= 0.6 is 13.4 Å². The highest BCUT2D eigenvalue weighted by atomic mass is 32.5. The molecule has 0 aromatic carbocycles. The van der Waals surface area contributed by atoms with Gasteiger partial charge in [0, 0.05) is 12.6 Å². The van der Waals surface area contributed by atoms with Crippen LogP contribution in [0.25, 0.3) is 22.3 Å². The van der Waals surface area contributed by atoms with Crippen LogP contribution in [0.3, 0.4) is 0 Å². The Morgan fingerprint density at radius 3 is 2.58 bits per heavy atom. The van der Waals surface area contributed by atoms with E-state index in [1.165, 1.54) is 23.4 Å². The summed E-state index contributed by atoms with van der Waals surface area (Å²) in [6, 6.07) is 1.62. The highest BCUT2D eigenvalue weighted by molar-refractivity contribution is 8.07. The summed E-state index contributed by atoms with van der Waals surface area (Å²) in [5.41, 5.74) is 11.3. The van der Waals surface area contributed by atoms with E-state index in [1.54, 1.807) is 10.6 Å². The molecule has 4 aromatic heterocycles. The van der Waals surface area contributed by atoms with Gasteiger partial charge in [0.05, 0.1) is 44.3 Å². The van der Waals surface area contributed by atoms with Crippen molar-refractivity contribution < 1.29 is 42.1 Å². The number of fused-ring (bicyclic) bond motifs is 4. The first-order valence-corrected chi connectivity index (χ1v) is 18.7. The number of nitrogens with two attached hydrogens (primary N) is 2. The Balaban J connectivity index is 1.12. The van der Waals surface area contributed by atoms with E-state index in [-0.39, 0.29) is 43.4 Å². The zero-order valence-electron chi connectivity index (χ0n) is 22.8. The minimum Gasteiger partial charge on any atom is -0.397 e. The first kappa shape index (κ1) is 29.9. The van der Waals surface area contributed by atoms with E-state index in [1.807, 2.05) is 0 Å². The van der Waals surface area contributed by atoms with E-state index < -0.39 is 61.5 Å². The van der Waals surface area contributed by atoms with Gasteiger partial charge >= 0.3 is 13.4 Å². The third-order valence-electron chi connectivity index (χ3n) is 8.02. The number of rotatable bonds is 2. The van der Waals surface area contributed by atoms with Crippen LogP contribution in [0.15, 0.2) is 29.7 Å². The Morgan fingerprint density at radius 2 is 1.76 bits per heavy atom. The van der Waals surface area contributed by atoms with E-state index in [4.69, 9.17) is 67.4 Å². The van der Waals surface area contributed by atoms with Crippen molar-refractivity contribution in [1.82, 2.24) is 34.1 Å². The normalized spacial score (nSPS) is 38.6. The van der Waals surface area contributed by atoms with Gasteiger partial charge in [-0.1, -0.05) is 0 Å². The fraction of sp³-hybridized carbons (Fsp3) is 0.500. The summed E-state index contributed by atoms with van der Waals surface area (Å²) in [5, 5.41) is 0. The third-order valence-corrected chi connectivity index (χ3v) is 11.1. The molecule has 0 spiro atoms. The highest BCUT2D eigenvalue weighted by Crippen LogP contribution is 2.58. The van der Waals surface area contributed by atoms with Crippen molar-refractivity contribution in [2.24, 2.45) is 0 Å². The Bertz CT molecular complexity index is 1990. The van der Waals surface area contributed by atoms with Crippen molar-refractivity contribution >= 4 is 71.0 Å². The maximum atomic E-state index is 12.4. The molecule has 9 atom stereocenters. The lowest BCUT2D eigenvalue weighted by Crippen LogP contribution is -2.45. The molecule has 4 aliphatic heterocycles. The van der Waals surface area contributed by atoms with Gasteiger partial charge in [0.25, 0.3) is 5.56 Å². The lowest BCUT2D eigenvalue weighted by atomic mass is 10.0. The van der Waals surface area contributed by atoms with Crippen molar-refractivity contribution in [3.8, 4) is 0 Å². The summed E-state index contributed by atoms with van der Waals surface area (Å²) in [4.78, 5) is 54.3. The number of hydrogen-bond donors (Lipinski definition) is 5. The molecule has 19 nitrogen and oxygen atoms in total. The zero-order chi connectivity index (χ0) is 31.3. The summed E-state index contributed by atoms with van der Waals surface area (Å²) in [7, 11) is 0. The average Bonchev–Trinajstić information content (AvgIpc) is 3.79. The summed E-state index contributed by atoms with van der Waals surface area (Å²) in [5.74, 6) is -0.135. The van der Waals surface area contributed by atoms with Crippen molar-refractivity contribution in [2.75, 3.05) is 31.3 Å². The predicted octanol–water partition coefficient (Wildman–Crippen LogP) is -0.0664. The van der Waals surface area contributed by atoms with Crippen LogP contribution in [0.4, 0.5) is 11.6 Å². The zero-order valence-corrected chi connectivity index (χ0v) is 26.2. The lowest BCUT2D eigenvalue weighted by Gasteiger charge is -2.33. The van der Waals surface area contributed by atoms with E-state index in [0.717, 1.165) is 0 Å². The topological polar surface area (TPSA) is 251 Å². The molecule has 0 amide bonds. The van der Waals surface area contributed by atoms with Crippen LogP contribution in [0.1, 0.15) is 18.9 Å². The monoisotopic (exact) mass is 701 g/mol. The van der Waals surface area contributed by atoms with Crippen LogP contribution in [0.5, 0.6) is 0 Å². The van der Waals surface area contributed by atoms with Gasteiger partial charge in [0.1, 0.15) is 29.4 Å². The van der Waals surface area contributed by atoms with Crippen molar-refractivity contribution in [3.05, 3.63) is 35.3 Å². The van der Waals surface area contributed by atoms with Crippen molar-refractivity contribution in [2.45, 2.75) is 48.9 Å². The van der Waals surface area contributed by atoms with Gasteiger partial charge < -0.3 is 49.0 Å². The second kappa shape index (κ2) is 10.5.